The fourth-order valence-corrected chi connectivity index (χ4v) is 2.21. The Labute approximate surface area is 104 Å². The Morgan fingerprint density at radius 3 is 2.59 bits per heavy atom. The molecule has 0 aromatic carbocycles. The number of ether oxygens (including phenoxy) is 1. The molecule has 1 rings (SSSR count). The number of carbonyl (C=O) groups excluding carboxylic acids is 1. The molecule has 0 aromatic heterocycles. The molecule has 0 spiro atoms. The molecule has 1 aliphatic rings. The summed E-state index contributed by atoms with van der Waals surface area (Å²) in [7, 11) is 1.66. The summed E-state index contributed by atoms with van der Waals surface area (Å²) in [6.07, 6.45) is 4.58. The van der Waals surface area contributed by atoms with Gasteiger partial charge in [0.2, 0.25) is 5.91 Å². The Morgan fingerprint density at radius 1 is 1.53 bits per heavy atom. The average molecular weight is 242 g/mol. The normalized spacial score (nSPS) is 19.5. The van der Waals surface area contributed by atoms with Crippen LogP contribution in [0.5, 0.6) is 0 Å². The number of hydrogen-bond donors (Lipinski definition) is 1. The third-order valence-electron chi connectivity index (χ3n) is 3.83. The van der Waals surface area contributed by atoms with E-state index in [1.165, 1.54) is 0 Å². The summed E-state index contributed by atoms with van der Waals surface area (Å²) < 4.78 is 5.06. The summed E-state index contributed by atoms with van der Waals surface area (Å²) in [5.41, 5.74) is 5.91. The minimum Gasteiger partial charge on any atom is -0.383 e. The van der Waals surface area contributed by atoms with E-state index in [0.29, 0.717) is 19.6 Å². The van der Waals surface area contributed by atoms with E-state index in [1.807, 2.05) is 4.90 Å². The smallest absolute Gasteiger partial charge is 0.224 e. The number of methoxy groups -OCH3 is 1. The van der Waals surface area contributed by atoms with Gasteiger partial charge in [-0.05, 0) is 32.6 Å². The Balaban J connectivity index is 2.52. The Bertz CT molecular complexity index is 252. The fraction of sp³-hybridized carbons (Fsp3) is 0.923. The second kappa shape index (κ2) is 6.36. The maximum Gasteiger partial charge on any atom is 0.224 e. The van der Waals surface area contributed by atoms with Crippen LogP contribution in [0.4, 0.5) is 0 Å². The van der Waals surface area contributed by atoms with Crippen LogP contribution < -0.4 is 5.73 Å². The molecule has 1 aliphatic carbocycles. The van der Waals surface area contributed by atoms with Gasteiger partial charge in [0.1, 0.15) is 0 Å². The first-order valence-corrected chi connectivity index (χ1v) is 6.59. The lowest BCUT2D eigenvalue weighted by molar-refractivity contribution is -0.136. The van der Waals surface area contributed by atoms with Gasteiger partial charge in [0.15, 0.2) is 0 Å². The van der Waals surface area contributed by atoms with Crippen molar-refractivity contribution in [1.29, 1.82) is 0 Å². The second-order valence-corrected chi connectivity index (χ2v) is 5.23. The summed E-state index contributed by atoms with van der Waals surface area (Å²) >= 11 is 0. The van der Waals surface area contributed by atoms with Crippen LogP contribution in [0.3, 0.4) is 0 Å². The van der Waals surface area contributed by atoms with E-state index in [4.69, 9.17) is 10.5 Å². The molecule has 2 N–H and O–H groups in total. The number of rotatable bonds is 7. The van der Waals surface area contributed by atoms with Crippen molar-refractivity contribution in [3.05, 3.63) is 0 Å². The van der Waals surface area contributed by atoms with Crippen molar-refractivity contribution in [3.8, 4) is 0 Å². The zero-order valence-corrected chi connectivity index (χ0v) is 11.4. The first kappa shape index (κ1) is 14.5. The average Bonchev–Trinajstić information content (AvgIpc) is 2.27. The van der Waals surface area contributed by atoms with Gasteiger partial charge < -0.3 is 15.4 Å². The van der Waals surface area contributed by atoms with Gasteiger partial charge >= 0.3 is 0 Å². The topological polar surface area (TPSA) is 55.6 Å². The van der Waals surface area contributed by atoms with Crippen molar-refractivity contribution in [2.24, 2.45) is 5.73 Å². The number of nitrogens with two attached hydrogens (primary N) is 1. The molecule has 0 aromatic rings. The van der Waals surface area contributed by atoms with Crippen LogP contribution in [0.1, 0.15) is 46.0 Å². The van der Waals surface area contributed by atoms with Gasteiger partial charge in [-0.25, -0.2) is 0 Å². The molecule has 0 saturated heterocycles. The number of hydrogen-bond acceptors (Lipinski definition) is 3. The van der Waals surface area contributed by atoms with Gasteiger partial charge in [-0.2, -0.15) is 0 Å². The molecule has 1 amide bonds. The van der Waals surface area contributed by atoms with Crippen LogP contribution in [-0.4, -0.2) is 42.6 Å². The zero-order valence-electron chi connectivity index (χ0n) is 11.4. The van der Waals surface area contributed by atoms with Gasteiger partial charge in [-0.3, -0.25) is 4.79 Å². The Hall–Kier alpha value is -0.610. The molecule has 17 heavy (non-hydrogen) atoms. The van der Waals surface area contributed by atoms with E-state index in [9.17, 15) is 4.79 Å². The van der Waals surface area contributed by atoms with Crippen LogP contribution in [0, 0.1) is 0 Å². The molecule has 100 valence electrons. The van der Waals surface area contributed by atoms with Gasteiger partial charge in [0.05, 0.1) is 6.61 Å². The molecule has 0 aliphatic heterocycles. The largest absolute Gasteiger partial charge is 0.383 e. The van der Waals surface area contributed by atoms with E-state index in [0.717, 1.165) is 25.7 Å². The molecule has 1 unspecified atom stereocenters. The predicted molar refractivity (Wildman–Crippen MR) is 68.7 cm³/mol. The molecule has 1 fully saturated rings. The van der Waals surface area contributed by atoms with Crippen molar-refractivity contribution < 1.29 is 9.53 Å². The number of amides is 1. The monoisotopic (exact) mass is 242 g/mol. The van der Waals surface area contributed by atoms with Crippen LogP contribution in [0.15, 0.2) is 0 Å². The quantitative estimate of drug-likeness (QED) is 0.736. The molecule has 4 nitrogen and oxygen atoms in total. The highest BCUT2D eigenvalue weighted by Crippen LogP contribution is 2.32. The SMILES string of the molecule is CCC(C)N(CCOC)C(=O)CC1(N)CCC1. The summed E-state index contributed by atoms with van der Waals surface area (Å²) in [6.45, 7) is 5.44. The first-order chi connectivity index (χ1) is 8.02. The van der Waals surface area contributed by atoms with E-state index >= 15 is 0 Å². The third-order valence-corrected chi connectivity index (χ3v) is 3.83. The lowest BCUT2D eigenvalue weighted by Crippen LogP contribution is -2.52. The lowest BCUT2D eigenvalue weighted by atomic mass is 9.75. The molecule has 4 heteroatoms. The minimum atomic E-state index is -0.226. The maximum absolute atomic E-state index is 12.2. The Morgan fingerprint density at radius 2 is 2.18 bits per heavy atom. The van der Waals surface area contributed by atoms with Crippen molar-refractivity contribution in [2.75, 3.05) is 20.3 Å². The van der Waals surface area contributed by atoms with E-state index in [-0.39, 0.29) is 17.5 Å². The van der Waals surface area contributed by atoms with Gasteiger partial charge in [0.25, 0.3) is 0 Å². The Kier molecular flexibility index (Phi) is 5.40. The fourth-order valence-electron chi connectivity index (χ4n) is 2.21. The first-order valence-electron chi connectivity index (χ1n) is 6.59. The summed E-state index contributed by atoms with van der Waals surface area (Å²) in [5.74, 6) is 0.179. The predicted octanol–water partition coefficient (Wildman–Crippen LogP) is 1.53. The highest BCUT2D eigenvalue weighted by atomic mass is 16.5. The van der Waals surface area contributed by atoms with Crippen LogP contribution in [0.25, 0.3) is 0 Å². The molecular formula is C13H26N2O2. The second-order valence-electron chi connectivity index (χ2n) is 5.23. The maximum atomic E-state index is 12.2. The molecular weight excluding hydrogens is 216 g/mol. The third kappa shape index (κ3) is 3.96. The highest BCUT2D eigenvalue weighted by molar-refractivity contribution is 5.78. The molecule has 0 radical (unpaired) electrons. The van der Waals surface area contributed by atoms with Crippen molar-refractivity contribution in [1.82, 2.24) is 4.90 Å². The summed E-state index contributed by atoms with van der Waals surface area (Å²) in [6, 6.07) is 0.265. The van der Waals surface area contributed by atoms with E-state index in [2.05, 4.69) is 13.8 Å². The van der Waals surface area contributed by atoms with Crippen molar-refractivity contribution >= 4 is 5.91 Å². The standard InChI is InChI=1S/C13H26N2O2/c1-4-11(2)15(8-9-17-3)12(16)10-13(14)6-5-7-13/h11H,4-10,14H2,1-3H3. The highest BCUT2D eigenvalue weighted by Gasteiger charge is 2.36. The van der Waals surface area contributed by atoms with Crippen molar-refractivity contribution in [3.63, 3.8) is 0 Å². The van der Waals surface area contributed by atoms with E-state index in [1.54, 1.807) is 7.11 Å². The van der Waals surface area contributed by atoms with Gasteiger partial charge in [0, 0.05) is 31.7 Å². The molecule has 1 atom stereocenters. The van der Waals surface area contributed by atoms with Crippen LogP contribution in [0.2, 0.25) is 0 Å². The zero-order chi connectivity index (χ0) is 12.9. The molecule has 0 bridgehead atoms. The number of nitrogens with zero attached hydrogens (tertiary/aromatic N) is 1. The van der Waals surface area contributed by atoms with Gasteiger partial charge in [-0.1, -0.05) is 6.92 Å². The van der Waals surface area contributed by atoms with Gasteiger partial charge in [-0.15, -0.1) is 0 Å². The number of carbonyl (C=O) groups is 1. The molecule has 1 saturated carbocycles. The summed E-state index contributed by atoms with van der Waals surface area (Å²) in [5, 5.41) is 0. The summed E-state index contributed by atoms with van der Waals surface area (Å²) in [4.78, 5) is 14.2. The van der Waals surface area contributed by atoms with E-state index < -0.39 is 0 Å². The van der Waals surface area contributed by atoms with Crippen LogP contribution >= 0.6 is 0 Å². The molecule has 0 heterocycles. The lowest BCUT2D eigenvalue weighted by Gasteiger charge is -2.40. The van der Waals surface area contributed by atoms with Crippen molar-refractivity contribution in [2.45, 2.75) is 57.5 Å². The van der Waals surface area contributed by atoms with Crippen LogP contribution in [-0.2, 0) is 9.53 Å². The minimum absolute atomic E-state index is 0.179.